The number of methoxy groups -OCH3 is 1. The number of hydrogen-bond acceptors (Lipinski definition) is 5. The van der Waals surface area contributed by atoms with E-state index in [4.69, 9.17) is 4.74 Å². The average Bonchev–Trinajstić information content (AvgIpc) is 3.23. The van der Waals surface area contributed by atoms with E-state index in [2.05, 4.69) is 15.6 Å². The number of ether oxygens (including phenoxy) is 1. The van der Waals surface area contributed by atoms with Gasteiger partial charge in [-0.05, 0) is 48.4 Å². The van der Waals surface area contributed by atoms with Crippen LogP contribution in [0.5, 0.6) is 5.75 Å². The average molecular weight is 468 g/mol. The molecule has 0 aromatic heterocycles. The number of nitriles is 1. The van der Waals surface area contributed by atoms with Gasteiger partial charge >= 0.3 is 0 Å². The number of amides is 2. The van der Waals surface area contributed by atoms with E-state index < -0.39 is 17.6 Å². The fraction of sp³-hybridized carbons (Fsp3) is 0.111. The van der Waals surface area contributed by atoms with E-state index in [1.54, 1.807) is 31.4 Å². The molecule has 0 saturated heterocycles. The van der Waals surface area contributed by atoms with E-state index in [-0.39, 0.29) is 22.7 Å². The van der Waals surface area contributed by atoms with Gasteiger partial charge in [-0.2, -0.15) is 5.26 Å². The number of nitrogens with zero attached hydrogens (tertiary/aromatic N) is 2. The van der Waals surface area contributed by atoms with Gasteiger partial charge in [0.05, 0.1) is 12.8 Å². The molecule has 0 atom stereocenters. The van der Waals surface area contributed by atoms with Crippen LogP contribution in [0.25, 0.3) is 5.70 Å². The summed E-state index contributed by atoms with van der Waals surface area (Å²) in [6.07, 6.45) is 0.572. The maximum atomic E-state index is 13.2. The Bertz CT molecular complexity index is 1370. The molecule has 2 N–H and O–H groups in total. The van der Waals surface area contributed by atoms with E-state index in [1.165, 1.54) is 24.3 Å². The van der Waals surface area contributed by atoms with Crippen LogP contribution in [0.3, 0.4) is 0 Å². The van der Waals surface area contributed by atoms with E-state index in [0.717, 1.165) is 11.3 Å². The number of carbonyl (C=O) groups excluding carboxylic acids is 2. The molecule has 3 aromatic rings. The zero-order valence-corrected chi connectivity index (χ0v) is 18.8. The molecule has 8 heteroatoms. The standard InChI is InChI=1S/C27H21FN4O3/c1-35-20-12-6-17(7-13-20)14-15-30-27(34)23(16-29)24-21-4-2-3-5-22(21)25(31-24)32-26(33)18-8-10-19(28)11-9-18/h2-13H,14-15H2,1H3,(H,30,34)(H,31,32,33). The Morgan fingerprint density at radius 2 is 1.69 bits per heavy atom. The summed E-state index contributed by atoms with van der Waals surface area (Å²) in [6, 6.07) is 21.5. The third-order valence-electron chi connectivity index (χ3n) is 5.43. The SMILES string of the molecule is COc1ccc(CCNC(=O)C(C#N)=C2N=C(NC(=O)c3ccc(F)cc3)c3ccccc32)cc1. The van der Waals surface area contributed by atoms with Crippen LogP contribution in [0.1, 0.15) is 27.0 Å². The van der Waals surface area contributed by atoms with Gasteiger partial charge in [-0.1, -0.05) is 36.4 Å². The summed E-state index contributed by atoms with van der Waals surface area (Å²) in [5.41, 5.74) is 2.42. The van der Waals surface area contributed by atoms with Crippen molar-refractivity contribution in [2.24, 2.45) is 4.99 Å². The number of carbonyl (C=O) groups is 2. The number of nitrogens with one attached hydrogen (secondary N) is 2. The predicted octanol–water partition coefficient (Wildman–Crippen LogP) is 3.62. The largest absolute Gasteiger partial charge is 0.497 e. The van der Waals surface area contributed by atoms with Crippen molar-refractivity contribution in [3.63, 3.8) is 0 Å². The van der Waals surface area contributed by atoms with Crippen LogP contribution in [-0.2, 0) is 11.2 Å². The Morgan fingerprint density at radius 1 is 1.00 bits per heavy atom. The number of rotatable bonds is 6. The highest BCUT2D eigenvalue weighted by molar-refractivity contribution is 6.20. The summed E-state index contributed by atoms with van der Waals surface area (Å²) < 4.78 is 18.3. The van der Waals surface area contributed by atoms with Crippen molar-refractivity contribution in [3.8, 4) is 11.8 Å². The molecule has 3 aromatic carbocycles. The molecule has 4 rings (SSSR count). The predicted molar refractivity (Wildman–Crippen MR) is 129 cm³/mol. The van der Waals surface area contributed by atoms with Crippen molar-refractivity contribution in [1.29, 1.82) is 5.26 Å². The minimum absolute atomic E-state index is 0.154. The van der Waals surface area contributed by atoms with Crippen molar-refractivity contribution in [2.75, 3.05) is 13.7 Å². The van der Waals surface area contributed by atoms with Gasteiger partial charge in [0.25, 0.3) is 11.8 Å². The summed E-state index contributed by atoms with van der Waals surface area (Å²) in [4.78, 5) is 29.9. The number of hydrogen-bond donors (Lipinski definition) is 2. The highest BCUT2D eigenvalue weighted by Crippen LogP contribution is 2.30. The normalized spacial score (nSPS) is 13.2. The van der Waals surface area contributed by atoms with E-state index in [1.807, 2.05) is 30.3 Å². The van der Waals surface area contributed by atoms with Crippen LogP contribution in [0, 0.1) is 17.1 Å². The molecule has 1 aliphatic rings. The van der Waals surface area contributed by atoms with Crippen LogP contribution < -0.4 is 15.4 Å². The lowest BCUT2D eigenvalue weighted by Crippen LogP contribution is -2.30. The number of halogens is 1. The second kappa shape index (κ2) is 10.4. The number of amidine groups is 1. The van der Waals surface area contributed by atoms with Gasteiger partial charge in [0.15, 0.2) is 0 Å². The minimum atomic E-state index is -0.555. The van der Waals surface area contributed by atoms with Gasteiger partial charge < -0.3 is 15.4 Å². The maximum absolute atomic E-state index is 13.2. The third-order valence-corrected chi connectivity index (χ3v) is 5.43. The Balaban J connectivity index is 1.53. The first-order chi connectivity index (χ1) is 17.0. The summed E-state index contributed by atoms with van der Waals surface area (Å²) in [7, 11) is 1.59. The Labute approximate surface area is 201 Å². The van der Waals surface area contributed by atoms with Gasteiger partial charge in [0, 0.05) is 23.2 Å². The zero-order chi connectivity index (χ0) is 24.8. The lowest BCUT2D eigenvalue weighted by atomic mass is 10.0. The Hall–Kier alpha value is -4.77. The number of aliphatic imine (C=N–C) groups is 1. The molecule has 1 heterocycles. The van der Waals surface area contributed by atoms with Crippen molar-refractivity contribution < 1.29 is 18.7 Å². The smallest absolute Gasteiger partial charge is 0.264 e. The first-order valence-corrected chi connectivity index (χ1v) is 10.8. The third kappa shape index (κ3) is 5.25. The van der Waals surface area contributed by atoms with Crippen molar-refractivity contribution in [2.45, 2.75) is 6.42 Å². The van der Waals surface area contributed by atoms with Crippen LogP contribution in [0.2, 0.25) is 0 Å². The Kier molecular flexibility index (Phi) is 6.98. The second-order valence-electron chi connectivity index (χ2n) is 7.66. The zero-order valence-electron chi connectivity index (χ0n) is 18.8. The lowest BCUT2D eigenvalue weighted by molar-refractivity contribution is -0.117. The molecule has 0 bridgehead atoms. The number of benzene rings is 3. The van der Waals surface area contributed by atoms with Gasteiger partial charge in [-0.15, -0.1) is 0 Å². The van der Waals surface area contributed by atoms with Crippen LogP contribution >= 0.6 is 0 Å². The molecule has 0 spiro atoms. The number of fused-ring (bicyclic) bond motifs is 1. The first kappa shape index (κ1) is 23.4. The molecular weight excluding hydrogens is 447 g/mol. The van der Waals surface area contributed by atoms with E-state index in [9.17, 15) is 19.2 Å². The molecule has 0 radical (unpaired) electrons. The fourth-order valence-corrected chi connectivity index (χ4v) is 3.61. The molecule has 35 heavy (non-hydrogen) atoms. The summed E-state index contributed by atoms with van der Waals surface area (Å²) >= 11 is 0. The van der Waals surface area contributed by atoms with Gasteiger partial charge in [0.2, 0.25) is 0 Å². The van der Waals surface area contributed by atoms with E-state index in [0.29, 0.717) is 24.1 Å². The molecule has 2 amide bonds. The molecule has 0 saturated carbocycles. The Morgan fingerprint density at radius 3 is 2.34 bits per heavy atom. The highest BCUT2D eigenvalue weighted by Gasteiger charge is 2.27. The first-order valence-electron chi connectivity index (χ1n) is 10.8. The van der Waals surface area contributed by atoms with Crippen molar-refractivity contribution in [3.05, 3.63) is 106 Å². The highest BCUT2D eigenvalue weighted by atomic mass is 19.1. The van der Waals surface area contributed by atoms with Gasteiger partial charge in [-0.3, -0.25) is 9.59 Å². The van der Waals surface area contributed by atoms with Crippen LogP contribution in [-0.4, -0.2) is 31.3 Å². The second-order valence-corrected chi connectivity index (χ2v) is 7.66. The molecule has 0 unspecified atom stereocenters. The molecule has 7 nitrogen and oxygen atoms in total. The van der Waals surface area contributed by atoms with Crippen molar-refractivity contribution in [1.82, 2.24) is 10.6 Å². The van der Waals surface area contributed by atoms with Crippen molar-refractivity contribution >= 4 is 23.3 Å². The molecule has 0 fully saturated rings. The topological polar surface area (TPSA) is 104 Å². The van der Waals surface area contributed by atoms with Gasteiger partial charge in [0.1, 0.15) is 29.0 Å². The quantitative estimate of drug-likeness (QED) is 0.426. The fourth-order valence-electron chi connectivity index (χ4n) is 3.61. The molecule has 174 valence electrons. The maximum Gasteiger partial charge on any atom is 0.264 e. The van der Waals surface area contributed by atoms with Crippen LogP contribution in [0.4, 0.5) is 4.39 Å². The van der Waals surface area contributed by atoms with E-state index >= 15 is 0 Å². The summed E-state index contributed by atoms with van der Waals surface area (Å²) in [5, 5.41) is 15.2. The molecule has 0 aliphatic carbocycles. The summed E-state index contributed by atoms with van der Waals surface area (Å²) in [5.74, 6) is -0.534. The lowest BCUT2D eigenvalue weighted by Gasteiger charge is -2.07. The molecule has 1 aliphatic heterocycles. The summed E-state index contributed by atoms with van der Waals surface area (Å²) in [6.45, 7) is 0.323. The van der Waals surface area contributed by atoms with Crippen LogP contribution in [0.15, 0.2) is 83.4 Å². The monoisotopic (exact) mass is 468 g/mol. The molecular formula is C27H21FN4O3. The minimum Gasteiger partial charge on any atom is -0.497 e. The van der Waals surface area contributed by atoms with Gasteiger partial charge in [-0.25, -0.2) is 9.38 Å².